The van der Waals surface area contributed by atoms with Crippen molar-refractivity contribution in [1.82, 2.24) is 0 Å². The fraction of sp³-hybridized carbons (Fsp3) is 0.500. The average molecular weight is 411 g/mol. The molecule has 2 atom stereocenters. The van der Waals surface area contributed by atoms with E-state index in [0.29, 0.717) is 0 Å². The van der Waals surface area contributed by atoms with Gasteiger partial charge in [0.15, 0.2) is 11.7 Å². The van der Waals surface area contributed by atoms with Crippen molar-refractivity contribution in [3.8, 4) is 11.3 Å². The number of rotatable bonds is 5. The Morgan fingerprint density at radius 1 is 0.903 bits per heavy atom. The number of benzene rings is 2. The molecule has 6 rings (SSSR count). The maximum atomic E-state index is 2.75. The third-order valence-corrected chi connectivity index (χ3v) is 9.60. The summed E-state index contributed by atoms with van der Waals surface area (Å²) in [5.74, 6) is 0. The molecule has 0 spiro atoms. The molecule has 1 nitrogen and oxygen atoms in total. The summed E-state index contributed by atoms with van der Waals surface area (Å²) < 4.78 is 2.75. The molecule has 2 aliphatic carbocycles. The van der Waals surface area contributed by atoms with E-state index in [0.717, 1.165) is 0 Å². The Bertz CT molecular complexity index is 1220. The summed E-state index contributed by atoms with van der Waals surface area (Å²) in [6, 6.07) is 14.7. The maximum absolute atomic E-state index is 2.75. The van der Waals surface area contributed by atoms with E-state index >= 15 is 0 Å². The average Bonchev–Trinajstić information content (AvgIpc) is 2.76. The lowest BCUT2D eigenvalue weighted by Crippen LogP contribution is -2.75. The lowest BCUT2D eigenvalue weighted by Gasteiger charge is -2.58. The minimum atomic E-state index is 0.0306. The smallest absolute Gasteiger partial charge is 0.191 e. The van der Waals surface area contributed by atoms with Crippen molar-refractivity contribution in [1.29, 1.82) is 0 Å². The van der Waals surface area contributed by atoms with Gasteiger partial charge in [-0.2, -0.15) is 4.57 Å². The van der Waals surface area contributed by atoms with Crippen LogP contribution >= 0.6 is 0 Å². The highest BCUT2D eigenvalue weighted by atomic mass is 15.1. The van der Waals surface area contributed by atoms with Gasteiger partial charge in [0.2, 0.25) is 5.69 Å². The predicted octanol–water partition coefficient (Wildman–Crippen LogP) is 7.34. The van der Waals surface area contributed by atoms with Crippen LogP contribution in [0.4, 0.5) is 0 Å². The van der Waals surface area contributed by atoms with Gasteiger partial charge in [0, 0.05) is 24.3 Å². The number of nitrogens with zero attached hydrogens (tertiary/aromatic N) is 1. The largest absolute Gasteiger partial charge is 0.221 e. The van der Waals surface area contributed by atoms with Gasteiger partial charge < -0.3 is 0 Å². The number of hydrogen-bond acceptors (Lipinski definition) is 0. The van der Waals surface area contributed by atoms with E-state index in [4.69, 9.17) is 0 Å². The molecule has 1 aliphatic heterocycles. The van der Waals surface area contributed by atoms with Gasteiger partial charge in [-0.3, -0.25) is 0 Å². The van der Waals surface area contributed by atoms with Gasteiger partial charge >= 0.3 is 0 Å². The second-order valence-electron chi connectivity index (χ2n) is 10.9. The van der Waals surface area contributed by atoms with Gasteiger partial charge in [-0.25, -0.2) is 0 Å². The third kappa shape index (κ3) is 2.07. The zero-order valence-corrected chi connectivity index (χ0v) is 19.9. The normalized spacial score (nSPS) is 26.5. The third-order valence-electron chi connectivity index (χ3n) is 9.60. The Morgan fingerprint density at radius 2 is 1.71 bits per heavy atom. The summed E-state index contributed by atoms with van der Waals surface area (Å²) in [5, 5.41) is 2.97. The number of unbranched alkanes of at least 4 members (excludes halogenated alkanes) is 1. The molecule has 1 fully saturated rings. The van der Waals surface area contributed by atoms with Crippen LogP contribution in [0.5, 0.6) is 0 Å². The molecule has 3 aliphatic rings. The molecule has 1 aromatic heterocycles. The highest BCUT2D eigenvalue weighted by molar-refractivity contribution is 6.01. The number of aromatic nitrogens is 1. The zero-order chi connectivity index (χ0) is 21.6. The first-order valence-corrected chi connectivity index (χ1v) is 12.6. The Labute approximate surface area is 187 Å². The van der Waals surface area contributed by atoms with Gasteiger partial charge in [-0.1, -0.05) is 71.4 Å². The van der Waals surface area contributed by atoms with Crippen molar-refractivity contribution in [2.75, 3.05) is 0 Å². The first-order valence-electron chi connectivity index (χ1n) is 12.6. The van der Waals surface area contributed by atoms with E-state index in [-0.39, 0.29) is 16.4 Å². The molecule has 31 heavy (non-hydrogen) atoms. The van der Waals surface area contributed by atoms with Crippen LogP contribution in [0.2, 0.25) is 0 Å². The molecule has 2 heterocycles. The van der Waals surface area contributed by atoms with Gasteiger partial charge in [-0.15, -0.1) is 0 Å². The van der Waals surface area contributed by atoms with E-state index in [9.17, 15) is 0 Å². The predicted molar refractivity (Wildman–Crippen MR) is 130 cm³/mol. The Balaban J connectivity index is 1.78. The van der Waals surface area contributed by atoms with Gasteiger partial charge in [0.1, 0.15) is 0 Å². The summed E-state index contributed by atoms with van der Waals surface area (Å²) in [6.07, 6.45) is 11.2. The molecular formula is C30H36N+. The van der Waals surface area contributed by atoms with Gasteiger partial charge in [0.05, 0.1) is 16.4 Å². The molecule has 2 unspecified atom stereocenters. The highest BCUT2D eigenvalue weighted by Crippen LogP contribution is 2.64. The molecule has 0 amide bonds. The topological polar surface area (TPSA) is 3.88 Å². The van der Waals surface area contributed by atoms with Crippen molar-refractivity contribution >= 4 is 10.8 Å². The SMILES string of the molecule is CCCCc1cc2c3c4[n+](ccc3c1)C1(CC)CCC1(CC)c1cccc(c1-4)C2(C)C. The summed E-state index contributed by atoms with van der Waals surface area (Å²) >= 11 is 0. The maximum Gasteiger partial charge on any atom is 0.221 e. The lowest BCUT2D eigenvalue weighted by atomic mass is 9.46. The fourth-order valence-corrected chi connectivity index (χ4v) is 7.80. The first-order chi connectivity index (χ1) is 14.9. The molecule has 2 aromatic carbocycles. The second-order valence-corrected chi connectivity index (χ2v) is 10.9. The van der Waals surface area contributed by atoms with Crippen LogP contribution in [0, 0.1) is 0 Å². The van der Waals surface area contributed by atoms with Crippen molar-refractivity contribution in [3.63, 3.8) is 0 Å². The highest BCUT2D eigenvalue weighted by Gasteiger charge is 2.69. The van der Waals surface area contributed by atoms with Gasteiger partial charge in [-0.05, 0) is 53.3 Å². The van der Waals surface area contributed by atoms with Crippen LogP contribution in [-0.4, -0.2) is 0 Å². The molecule has 0 saturated heterocycles. The van der Waals surface area contributed by atoms with Crippen LogP contribution in [0.3, 0.4) is 0 Å². The molecule has 0 radical (unpaired) electrons. The quantitative estimate of drug-likeness (QED) is 0.387. The van der Waals surface area contributed by atoms with Crippen LogP contribution in [0.25, 0.3) is 22.0 Å². The summed E-state index contributed by atoms with van der Waals surface area (Å²) in [7, 11) is 0. The van der Waals surface area contributed by atoms with E-state index in [1.165, 1.54) is 72.5 Å². The summed E-state index contributed by atoms with van der Waals surface area (Å²) in [6.45, 7) is 12.1. The molecule has 1 heteroatoms. The van der Waals surface area contributed by atoms with Crippen molar-refractivity contribution < 1.29 is 4.57 Å². The monoisotopic (exact) mass is 410 g/mol. The molecule has 3 aromatic rings. The van der Waals surface area contributed by atoms with Crippen molar-refractivity contribution in [2.45, 2.75) is 95.9 Å². The Hall–Kier alpha value is -2.15. The fourth-order valence-electron chi connectivity index (χ4n) is 7.80. The van der Waals surface area contributed by atoms with Crippen LogP contribution in [0.15, 0.2) is 42.6 Å². The van der Waals surface area contributed by atoms with Crippen LogP contribution in [0.1, 0.15) is 95.4 Å². The molecule has 1 saturated carbocycles. The van der Waals surface area contributed by atoms with Crippen LogP contribution in [-0.2, 0) is 22.8 Å². The van der Waals surface area contributed by atoms with E-state index in [2.05, 4.69) is 81.8 Å². The Morgan fingerprint density at radius 3 is 2.39 bits per heavy atom. The number of pyridine rings is 1. The van der Waals surface area contributed by atoms with Crippen molar-refractivity contribution in [2.24, 2.45) is 0 Å². The summed E-state index contributed by atoms with van der Waals surface area (Å²) in [4.78, 5) is 0. The minimum absolute atomic E-state index is 0.0306. The number of aryl methyl sites for hydroxylation is 1. The van der Waals surface area contributed by atoms with E-state index in [1.807, 2.05) is 0 Å². The number of fused-ring (bicyclic) bond motifs is 3. The summed E-state index contributed by atoms with van der Waals surface area (Å²) in [5.41, 5.74) is 9.86. The van der Waals surface area contributed by atoms with E-state index < -0.39 is 0 Å². The van der Waals surface area contributed by atoms with E-state index in [1.54, 1.807) is 16.7 Å². The molecular weight excluding hydrogens is 374 g/mol. The minimum Gasteiger partial charge on any atom is -0.191 e. The number of hydrogen-bond donors (Lipinski definition) is 0. The second kappa shape index (κ2) is 6.21. The zero-order valence-electron chi connectivity index (χ0n) is 19.9. The molecule has 160 valence electrons. The van der Waals surface area contributed by atoms with Gasteiger partial charge in [0.25, 0.3) is 0 Å². The van der Waals surface area contributed by atoms with Crippen molar-refractivity contribution in [3.05, 3.63) is 64.8 Å². The molecule has 0 N–H and O–H groups in total. The molecule has 0 bridgehead atoms. The lowest BCUT2D eigenvalue weighted by molar-refractivity contribution is -0.782. The first kappa shape index (κ1) is 19.5. The Kier molecular flexibility index (Phi) is 3.91. The van der Waals surface area contributed by atoms with Crippen LogP contribution < -0.4 is 4.57 Å². The standard InChI is InChI=1S/C30H36N/c1-6-9-11-20-18-21-14-17-31-27-25(21)24(19-20)28(4,5)22-12-10-13-23(26(22)27)29(7-2)15-16-30(29,31)8-3/h10,12-14,17-19H,6-9,11,15-16H2,1-5H3/q+1.